The van der Waals surface area contributed by atoms with E-state index in [-0.39, 0.29) is 10.1 Å². The second kappa shape index (κ2) is 6.78. The van der Waals surface area contributed by atoms with Crippen LogP contribution in [0.5, 0.6) is 0 Å². The molecule has 1 N–H and O–H groups in total. The van der Waals surface area contributed by atoms with E-state index in [0.717, 1.165) is 34.4 Å². The number of rotatable bonds is 4. The number of amides is 1. The summed E-state index contributed by atoms with van der Waals surface area (Å²) in [6.07, 6.45) is 2.85. The number of carbonyl (C=O) groups is 1. The van der Waals surface area contributed by atoms with Gasteiger partial charge in [-0.3, -0.25) is 9.78 Å². The Kier molecular flexibility index (Phi) is 4.69. The molecule has 0 aliphatic heterocycles. The number of nitrogens with zero attached hydrogens (tertiary/aromatic N) is 1. The van der Waals surface area contributed by atoms with Crippen LogP contribution in [0.4, 0.5) is 5.69 Å². The minimum absolute atomic E-state index is 0.177. The molecule has 3 rings (SSSR count). The molecule has 5 nitrogen and oxygen atoms in total. The summed E-state index contributed by atoms with van der Waals surface area (Å²) in [5.41, 5.74) is 3.44. The fourth-order valence-electron chi connectivity index (χ4n) is 2.33. The molecule has 0 fully saturated rings. The highest BCUT2D eigenvalue weighted by Gasteiger charge is 2.15. The van der Waals surface area contributed by atoms with E-state index in [1.54, 1.807) is 6.20 Å². The molecule has 0 saturated heterocycles. The van der Waals surface area contributed by atoms with Crippen molar-refractivity contribution < 1.29 is 13.2 Å². The Morgan fingerprint density at radius 2 is 1.92 bits per heavy atom. The molecule has 0 spiro atoms. The Hall–Kier alpha value is -2.51. The molecule has 0 unspecified atom stereocenters. The van der Waals surface area contributed by atoms with Gasteiger partial charge in [-0.1, -0.05) is 12.1 Å². The number of thiophene rings is 1. The zero-order valence-corrected chi connectivity index (χ0v) is 15.3. The Labute approximate surface area is 150 Å². The summed E-state index contributed by atoms with van der Waals surface area (Å²) in [5.74, 6) is -0.337. The summed E-state index contributed by atoms with van der Waals surface area (Å²) in [6.45, 7) is 1.98. The third kappa shape index (κ3) is 3.94. The van der Waals surface area contributed by atoms with Gasteiger partial charge in [-0.2, -0.15) is 0 Å². The van der Waals surface area contributed by atoms with Crippen molar-refractivity contribution in [2.75, 3.05) is 11.6 Å². The van der Waals surface area contributed by atoms with Crippen LogP contribution in [0.25, 0.3) is 11.3 Å². The first-order chi connectivity index (χ1) is 11.8. The Bertz CT molecular complexity index is 1030. The second-order valence-corrected chi connectivity index (χ2v) is 8.92. The number of hydrogen-bond donors (Lipinski definition) is 1. The highest BCUT2D eigenvalue weighted by atomic mass is 32.2. The predicted octanol–water partition coefficient (Wildman–Crippen LogP) is 3.77. The van der Waals surface area contributed by atoms with E-state index in [2.05, 4.69) is 10.3 Å². The normalized spacial score (nSPS) is 11.3. The molecule has 1 aromatic carbocycles. The van der Waals surface area contributed by atoms with Crippen LogP contribution in [-0.2, 0) is 9.84 Å². The van der Waals surface area contributed by atoms with Crippen LogP contribution in [0, 0.1) is 6.92 Å². The molecule has 2 heterocycles. The van der Waals surface area contributed by atoms with E-state index in [1.807, 2.05) is 43.3 Å². The molecule has 2 aromatic heterocycles. The molecular formula is C18H16N2O3S2. The maximum atomic E-state index is 12.4. The van der Waals surface area contributed by atoms with Crippen molar-refractivity contribution in [3.8, 4) is 11.3 Å². The van der Waals surface area contributed by atoms with Gasteiger partial charge < -0.3 is 5.32 Å². The molecule has 3 aromatic rings. The van der Waals surface area contributed by atoms with Crippen LogP contribution >= 0.6 is 11.3 Å². The Morgan fingerprint density at radius 3 is 2.56 bits per heavy atom. The fourth-order valence-corrected chi connectivity index (χ4v) is 4.15. The third-order valence-corrected chi connectivity index (χ3v) is 6.51. The summed E-state index contributed by atoms with van der Waals surface area (Å²) in [6, 6.07) is 14.2. The Morgan fingerprint density at radius 1 is 1.12 bits per heavy atom. The zero-order valence-electron chi connectivity index (χ0n) is 13.7. The fraction of sp³-hybridized carbons (Fsp3) is 0.111. The van der Waals surface area contributed by atoms with E-state index in [1.165, 1.54) is 12.1 Å². The molecule has 128 valence electrons. The average molecular weight is 372 g/mol. The molecule has 0 aliphatic carbocycles. The van der Waals surface area contributed by atoms with E-state index in [0.29, 0.717) is 10.6 Å². The van der Waals surface area contributed by atoms with E-state index in [4.69, 9.17) is 0 Å². The van der Waals surface area contributed by atoms with Crippen molar-refractivity contribution in [1.82, 2.24) is 4.98 Å². The summed E-state index contributed by atoms with van der Waals surface area (Å²) < 4.78 is 23.3. The third-order valence-electron chi connectivity index (χ3n) is 3.61. The first-order valence-corrected chi connectivity index (χ1v) is 10.2. The van der Waals surface area contributed by atoms with Crippen LogP contribution in [0.2, 0.25) is 0 Å². The van der Waals surface area contributed by atoms with Crippen molar-refractivity contribution in [2.45, 2.75) is 11.1 Å². The van der Waals surface area contributed by atoms with Crippen molar-refractivity contribution in [1.29, 1.82) is 0 Å². The van der Waals surface area contributed by atoms with E-state index < -0.39 is 9.84 Å². The zero-order chi connectivity index (χ0) is 18.0. The van der Waals surface area contributed by atoms with Gasteiger partial charge in [0.2, 0.25) is 0 Å². The van der Waals surface area contributed by atoms with Gasteiger partial charge >= 0.3 is 0 Å². The van der Waals surface area contributed by atoms with Crippen LogP contribution < -0.4 is 5.32 Å². The van der Waals surface area contributed by atoms with Gasteiger partial charge in [0.05, 0.1) is 10.6 Å². The van der Waals surface area contributed by atoms with E-state index >= 15 is 0 Å². The minimum atomic E-state index is -3.31. The monoisotopic (exact) mass is 372 g/mol. The number of nitrogens with one attached hydrogen (secondary N) is 1. The molecule has 0 bridgehead atoms. The number of sulfone groups is 1. The van der Waals surface area contributed by atoms with Crippen molar-refractivity contribution in [2.24, 2.45) is 0 Å². The molecule has 0 radical (unpaired) electrons. The number of aryl methyl sites for hydroxylation is 1. The molecule has 1 amide bonds. The largest absolute Gasteiger partial charge is 0.321 e. The lowest BCUT2D eigenvalue weighted by Gasteiger charge is -2.09. The van der Waals surface area contributed by atoms with Crippen molar-refractivity contribution in [3.05, 3.63) is 65.2 Å². The van der Waals surface area contributed by atoms with Gasteiger partial charge in [0.25, 0.3) is 5.91 Å². The number of pyridine rings is 1. The van der Waals surface area contributed by atoms with E-state index in [9.17, 15) is 13.2 Å². The van der Waals surface area contributed by atoms with Gasteiger partial charge in [-0.15, -0.1) is 11.3 Å². The number of carbonyl (C=O) groups excluding carboxylic acids is 1. The number of hydrogen-bond acceptors (Lipinski definition) is 5. The highest BCUT2D eigenvalue weighted by Crippen LogP contribution is 2.26. The number of aromatic nitrogens is 1. The topological polar surface area (TPSA) is 76.1 Å². The molecule has 0 atom stereocenters. The second-order valence-electron chi connectivity index (χ2n) is 5.59. The molecule has 0 saturated carbocycles. The highest BCUT2D eigenvalue weighted by molar-refractivity contribution is 7.92. The number of benzene rings is 1. The lowest BCUT2D eigenvalue weighted by molar-refractivity contribution is 0.103. The lowest BCUT2D eigenvalue weighted by Crippen LogP contribution is -2.10. The summed E-state index contributed by atoms with van der Waals surface area (Å²) in [4.78, 5) is 17.1. The first kappa shape index (κ1) is 17.3. The summed E-state index contributed by atoms with van der Waals surface area (Å²) in [7, 11) is -3.31. The number of anilines is 1. The van der Waals surface area contributed by atoms with Gasteiger partial charge in [0.1, 0.15) is 4.21 Å². The maximum Gasteiger partial charge on any atom is 0.265 e. The summed E-state index contributed by atoms with van der Waals surface area (Å²) >= 11 is 0.959. The van der Waals surface area contributed by atoms with Gasteiger partial charge in [-0.05, 0) is 48.9 Å². The van der Waals surface area contributed by atoms with Crippen LogP contribution in [0.15, 0.2) is 58.9 Å². The SMILES string of the molecule is Cc1ccc(NC(=O)c2ccc(S(C)(=O)=O)s2)cc1-c1ccccn1. The molecule has 7 heteroatoms. The standard InChI is InChI=1S/C18H16N2O3S2/c1-12-6-7-13(11-14(12)15-5-3-4-10-19-15)20-18(21)16-8-9-17(24-16)25(2,22)23/h3-11H,1-2H3,(H,20,21). The van der Waals surface area contributed by atoms with Crippen LogP contribution in [-0.4, -0.2) is 25.6 Å². The minimum Gasteiger partial charge on any atom is -0.321 e. The first-order valence-electron chi connectivity index (χ1n) is 7.48. The van der Waals surface area contributed by atoms with Crippen molar-refractivity contribution >= 4 is 32.8 Å². The van der Waals surface area contributed by atoms with Crippen LogP contribution in [0.3, 0.4) is 0 Å². The maximum absolute atomic E-state index is 12.4. The molecular weight excluding hydrogens is 356 g/mol. The van der Waals surface area contributed by atoms with Gasteiger partial charge in [0, 0.05) is 23.7 Å². The molecule has 0 aliphatic rings. The van der Waals surface area contributed by atoms with Crippen molar-refractivity contribution in [3.63, 3.8) is 0 Å². The van der Waals surface area contributed by atoms with Crippen LogP contribution in [0.1, 0.15) is 15.2 Å². The van der Waals surface area contributed by atoms with Gasteiger partial charge in [0.15, 0.2) is 9.84 Å². The average Bonchev–Trinajstić information content (AvgIpc) is 3.08. The summed E-state index contributed by atoms with van der Waals surface area (Å²) in [5, 5.41) is 2.81. The predicted molar refractivity (Wildman–Crippen MR) is 99.8 cm³/mol. The van der Waals surface area contributed by atoms with Gasteiger partial charge in [-0.25, -0.2) is 8.42 Å². The smallest absolute Gasteiger partial charge is 0.265 e. The molecule has 25 heavy (non-hydrogen) atoms. The quantitative estimate of drug-likeness (QED) is 0.756. The lowest BCUT2D eigenvalue weighted by atomic mass is 10.0. The Balaban J connectivity index is 1.86.